The number of imidazole rings is 1. The second-order valence-corrected chi connectivity index (χ2v) is 5.33. The number of halogens is 1. The van der Waals surface area contributed by atoms with Crippen LogP contribution in [0.25, 0.3) is 0 Å². The molecule has 0 amide bonds. The second kappa shape index (κ2) is 8.88. The number of hydrogen-bond acceptors (Lipinski definition) is 3. The first-order valence-electron chi connectivity index (χ1n) is 7.47. The molecular formula is C16H22IN5O. The third kappa shape index (κ3) is 5.21. The molecule has 0 radical (unpaired) electrons. The molecule has 0 unspecified atom stereocenters. The highest BCUT2D eigenvalue weighted by Crippen LogP contribution is 2.09. The first kappa shape index (κ1) is 17.7. The molecule has 0 aliphatic carbocycles. The van der Waals surface area contributed by atoms with Gasteiger partial charge in [0.25, 0.3) is 0 Å². The summed E-state index contributed by atoms with van der Waals surface area (Å²) in [6, 6.07) is 8.41. The number of guanidine groups is 1. The van der Waals surface area contributed by atoms with E-state index in [0.29, 0.717) is 12.5 Å². The molecule has 0 spiro atoms. The van der Waals surface area contributed by atoms with E-state index < -0.39 is 0 Å². The molecule has 1 aromatic carbocycles. The van der Waals surface area contributed by atoms with Gasteiger partial charge in [0.2, 0.25) is 0 Å². The Labute approximate surface area is 153 Å². The lowest BCUT2D eigenvalue weighted by molar-refractivity contribution is 0.0674. The Hall–Kier alpha value is -1.61. The average Bonchev–Trinajstić information content (AvgIpc) is 3.07. The molecule has 2 N–H and O–H groups in total. The van der Waals surface area contributed by atoms with Crippen molar-refractivity contribution in [2.24, 2.45) is 10.7 Å². The van der Waals surface area contributed by atoms with Crippen molar-refractivity contribution in [2.45, 2.75) is 13.1 Å². The van der Waals surface area contributed by atoms with Crippen LogP contribution in [0.4, 0.5) is 0 Å². The van der Waals surface area contributed by atoms with Gasteiger partial charge in [-0.15, -0.1) is 24.0 Å². The molecule has 1 aromatic heterocycles. The topological polar surface area (TPSA) is 68.7 Å². The zero-order valence-electron chi connectivity index (χ0n) is 13.0. The van der Waals surface area contributed by atoms with Crippen molar-refractivity contribution < 1.29 is 4.74 Å². The molecule has 124 valence electrons. The predicted molar refractivity (Wildman–Crippen MR) is 101 cm³/mol. The first-order valence-corrected chi connectivity index (χ1v) is 7.47. The fraction of sp³-hybridized carbons (Fsp3) is 0.375. The second-order valence-electron chi connectivity index (χ2n) is 5.33. The van der Waals surface area contributed by atoms with Crippen LogP contribution in [0, 0.1) is 0 Å². The van der Waals surface area contributed by atoms with Gasteiger partial charge in [-0.25, -0.2) is 9.98 Å². The highest BCUT2D eigenvalue weighted by molar-refractivity contribution is 14.0. The Bertz CT molecular complexity index is 623. The molecule has 2 heterocycles. The van der Waals surface area contributed by atoms with Gasteiger partial charge in [0.1, 0.15) is 0 Å². The summed E-state index contributed by atoms with van der Waals surface area (Å²) in [6.45, 7) is 4.48. The van der Waals surface area contributed by atoms with Gasteiger partial charge in [0.15, 0.2) is 5.96 Å². The van der Waals surface area contributed by atoms with Crippen molar-refractivity contribution in [3.05, 3.63) is 54.1 Å². The number of rotatable bonds is 4. The Morgan fingerprint density at radius 2 is 2.04 bits per heavy atom. The largest absolute Gasteiger partial charge is 0.378 e. The summed E-state index contributed by atoms with van der Waals surface area (Å²) in [5.41, 5.74) is 8.45. The Morgan fingerprint density at radius 1 is 1.26 bits per heavy atom. The van der Waals surface area contributed by atoms with Crippen LogP contribution in [0.2, 0.25) is 0 Å². The number of nitrogens with two attached hydrogens (primary N) is 1. The third-order valence-corrected chi connectivity index (χ3v) is 3.67. The molecule has 3 rings (SSSR count). The van der Waals surface area contributed by atoms with E-state index >= 15 is 0 Å². The van der Waals surface area contributed by atoms with E-state index in [0.717, 1.165) is 38.4 Å². The van der Waals surface area contributed by atoms with Gasteiger partial charge in [0, 0.05) is 32.0 Å². The SMILES string of the molecule is I.NC(=NCc1cccc(Cn2ccnc2)c1)N1CCOCC1. The highest BCUT2D eigenvalue weighted by atomic mass is 127. The summed E-state index contributed by atoms with van der Waals surface area (Å²) in [6.07, 6.45) is 5.57. The molecule has 1 fully saturated rings. The van der Waals surface area contributed by atoms with Gasteiger partial charge in [-0.1, -0.05) is 24.3 Å². The van der Waals surface area contributed by atoms with Crippen molar-refractivity contribution in [2.75, 3.05) is 26.3 Å². The average molecular weight is 427 g/mol. The summed E-state index contributed by atoms with van der Waals surface area (Å²) < 4.78 is 7.36. The summed E-state index contributed by atoms with van der Waals surface area (Å²) in [5, 5.41) is 0. The molecule has 7 heteroatoms. The van der Waals surface area contributed by atoms with Gasteiger partial charge >= 0.3 is 0 Å². The van der Waals surface area contributed by atoms with Gasteiger partial charge in [-0.05, 0) is 11.1 Å². The summed E-state index contributed by atoms with van der Waals surface area (Å²) in [5.74, 6) is 0.600. The van der Waals surface area contributed by atoms with Crippen molar-refractivity contribution in [3.63, 3.8) is 0 Å². The van der Waals surface area contributed by atoms with E-state index in [1.54, 1.807) is 6.20 Å². The highest BCUT2D eigenvalue weighted by Gasteiger charge is 2.11. The number of morpholine rings is 1. The lowest BCUT2D eigenvalue weighted by Crippen LogP contribution is -2.44. The van der Waals surface area contributed by atoms with E-state index in [4.69, 9.17) is 10.5 Å². The number of ether oxygens (including phenoxy) is 1. The predicted octanol–water partition coefficient (Wildman–Crippen LogP) is 1.70. The summed E-state index contributed by atoms with van der Waals surface area (Å²) >= 11 is 0. The zero-order chi connectivity index (χ0) is 15.2. The van der Waals surface area contributed by atoms with Crippen LogP contribution in [-0.2, 0) is 17.8 Å². The fourth-order valence-corrected chi connectivity index (χ4v) is 2.48. The summed E-state index contributed by atoms with van der Waals surface area (Å²) in [7, 11) is 0. The molecule has 6 nitrogen and oxygen atoms in total. The third-order valence-electron chi connectivity index (χ3n) is 3.67. The van der Waals surface area contributed by atoms with Crippen LogP contribution in [0.3, 0.4) is 0 Å². The van der Waals surface area contributed by atoms with Gasteiger partial charge in [-0.2, -0.15) is 0 Å². The van der Waals surface area contributed by atoms with E-state index in [2.05, 4.69) is 39.1 Å². The van der Waals surface area contributed by atoms with Crippen molar-refractivity contribution in [1.82, 2.24) is 14.5 Å². The lowest BCUT2D eigenvalue weighted by Gasteiger charge is -2.27. The number of hydrogen-bond donors (Lipinski definition) is 1. The minimum Gasteiger partial charge on any atom is -0.378 e. The van der Waals surface area contributed by atoms with Crippen LogP contribution >= 0.6 is 24.0 Å². The van der Waals surface area contributed by atoms with Crippen LogP contribution in [0.5, 0.6) is 0 Å². The number of benzene rings is 1. The first-order chi connectivity index (χ1) is 10.8. The Kier molecular flexibility index (Phi) is 6.85. The smallest absolute Gasteiger partial charge is 0.191 e. The lowest BCUT2D eigenvalue weighted by atomic mass is 10.1. The maximum Gasteiger partial charge on any atom is 0.191 e. The van der Waals surface area contributed by atoms with E-state index in [9.17, 15) is 0 Å². The standard InChI is InChI=1S/C16H21N5O.HI/c17-16(21-6-8-22-9-7-21)19-11-14-2-1-3-15(10-14)12-20-5-4-18-13-20;/h1-5,10,13H,6-9,11-12H2,(H2,17,19);1H. The number of aromatic nitrogens is 2. The number of nitrogens with zero attached hydrogens (tertiary/aromatic N) is 4. The molecule has 1 aliphatic rings. The van der Waals surface area contributed by atoms with E-state index in [1.165, 1.54) is 5.56 Å². The molecule has 1 aliphatic heterocycles. The zero-order valence-corrected chi connectivity index (χ0v) is 15.3. The van der Waals surface area contributed by atoms with Crippen molar-refractivity contribution in [1.29, 1.82) is 0 Å². The number of aliphatic imine (C=N–C) groups is 1. The molecule has 0 atom stereocenters. The molecular weight excluding hydrogens is 405 g/mol. The van der Waals surface area contributed by atoms with Crippen molar-refractivity contribution >= 4 is 29.9 Å². The van der Waals surface area contributed by atoms with Crippen LogP contribution < -0.4 is 5.73 Å². The van der Waals surface area contributed by atoms with Crippen molar-refractivity contribution in [3.8, 4) is 0 Å². The minimum absolute atomic E-state index is 0. The molecule has 0 saturated carbocycles. The van der Waals surface area contributed by atoms with E-state index in [1.807, 2.05) is 17.1 Å². The molecule has 2 aromatic rings. The van der Waals surface area contributed by atoms with Gasteiger partial charge < -0.3 is 19.9 Å². The molecule has 1 saturated heterocycles. The maximum atomic E-state index is 6.05. The normalized spacial score (nSPS) is 15.3. The Balaban J connectivity index is 0.00000192. The quantitative estimate of drug-likeness (QED) is 0.458. The molecule has 23 heavy (non-hydrogen) atoms. The summed E-state index contributed by atoms with van der Waals surface area (Å²) in [4.78, 5) is 10.6. The van der Waals surface area contributed by atoms with Gasteiger partial charge in [0.05, 0.1) is 26.1 Å². The van der Waals surface area contributed by atoms with Gasteiger partial charge in [-0.3, -0.25) is 0 Å². The fourth-order valence-electron chi connectivity index (χ4n) is 2.48. The monoisotopic (exact) mass is 427 g/mol. The van der Waals surface area contributed by atoms with Crippen LogP contribution in [0.15, 0.2) is 48.0 Å². The minimum atomic E-state index is 0. The maximum absolute atomic E-state index is 6.05. The van der Waals surface area contributed by atoms with E-state index in [-0.39, 0.29) is 24.0 Å². The Morgan fingerprint density at radius 3 is 2.78 bits per heavy atom. The molecule has 0 bridgehead atoms. The van der Waals surface area contributed by atoms with Crippen LogP contribution in [-0.4, -0.2) is 46.7 Å². The van der Waals surface area contributed by atoms with Crippen LogP contribution in [0.1, 0.15) is 11.1 Å².